The van der Waals surface area contributed by atoms with Gasteiger partial charge in [0.2, 0.25) is 0 Å². The fourth-order valence-corrected chi connectivity index (χ4v) is 3.17. The fourth-order valence-electron chi connectivity index (χ4n) is 3.17. The van der Waals surface area contributed by atoms with E-state index in [-0.39, 0.29) is 11.7 Å². The number of aromatic nitrogens is 3. The number of benzene rings is 2. The summed E-state index contributed by atoms with van der Waals surface area (Å²) in [5, 5.41) is 10.1. The molecule has 144 valence electrons. The summed E-state index contributed by atoms with van der Waals surface area (Å²) in [6, 6.07) is 16.8. The highest BCUT2D eigenvalue weighted by molar-refractivity contribution is 5.89. The zero-order valence-electron chi connectivity index (χ0n) is 15.8. The van der Waals surface area contributed by atoms with Gasteiger partial charge >= 0.3 is 11.7 Å². The molecule has 1 fully saturated rings. The monoisotopic (exact) mass is 377 g/mol. The van der Waals surface area contributed by atoms with Crippen LogP contribution in [0.25, 0.3) is 5.69 Å². The maximum Gasteiger partial charge on any atom is 0.350 e. The third kappa shape index (κ3) is 3.98. The molecular formula is C21H23N5O2. The minimum atomic E-state index is -0.302. The van der Waals surface area contributed by atoms with Crippen molar-refractivity contribution in [2.75, 3.05) is 11.9 Å². The molecule has 4 rings (SSSR count). The van der Waals surface area contributed by atoms with Crippen LogP contribution in [0.15, 0.2) is 59.4 Å². The van der Waals surface area contributed by atoms with Gasteiger partial charge in [-0.1, -0.05) is 30.3 Å². The van der Waals surface area contributed by atoms with Gasteiger partial charge in [0.05, 0.1) is 12.2 Å². The van der Waals surface area contributed by atoms with Gasteiger partial charge in [0, 0.05) is 18.2 Å². The van der Waals surface area contributed by atoms with Crippen molar-refractivity contribution in [3.8, 4) is 5.69 Å². The first-order valence-corrected chi connectivity index (χ1v) is 9.48. The molecule has 1 saturated carbocycles. The second kappa shape index (κ2) is 7.72. The number of anilines is 1. The van der Waals surface area contributed by atoms with Crippen LogP contribution in [0.3, 0.4) is 0 Å². The Bertz CT molecular complexity index is 1030. The van der Waals surface area contributed by atoms with E-state index in [2.05, 4.69) is 15.7 Å². The molecular weight excluding hydrogens is 354 g/mol. The van der Waals surface area contributed by atoms with Crippen LogP contribution >= 0.6 is 0 Å². The van der Waals surface area contributed by atoms with Gasteiger partial charge in [-0.25, -0.2) is 18.8 Å². The Labute approximate surface area is 163 Å². The van der Waals surface area contributed by atoms with E-state index in [1.54, 1.807) is 4.57 Å². The number of para-hydroxylation sites is 1. The van der Waals surface area contributed by atoms with Gasteiger partial charge in [0.1, 0.15) is 5.82 Å². The molecule has 0 unspecified atom stereocenters. The molecule has 1 aliphatic rings. The first-order chi connectivity index (χ1) is 13.6. The Balaban J connectivity index is 1.43. The van der Waals surface area contributed by atoms with E-state index in [0.29, 0.717) is 19.0 Å². The molecule has 28 heavy (non-hydrogen) atoms. The number of rotatable bonds is 6. The second-order valence-electron chi connectivity index (χ2n) is 7.06. The number of carbonyl (C=O) groups excluding carboxylic acids is 1. The highest BCUT2D eigenvalue weighted by Gasteiger charge is 2.31. The van der Waals surface area contributed by atoms with Gasteiger partial charge in [-0.2, -0.15) is 5.10 Å². The highest BCUT2D eigenvalue weighted by Crippen LogP contribution is 2.39. The third-order valence-corrected chi connectivity index (χ3v) is 4.71. The van der Waals surface area contributed by atoms with Gasteiger partial charge in [0.15, 0.2) is 0 Å². The van der Waals surface area contributed by atoms with Gasteiger partial charge in [0.25, 0.3) is 0 Å². The van der Waals surface area contributed by atoms with Gasteiger partial charge < -0.3 is 10.6 Å². The molecule has 0 spiro atoms. The SMILES string of the molecule is Cc1cccc(NC(=O)NCCn2nc(C3CC3)n(-c3ccccc3)c2=O)c1. The van der Waals surface area contributed by atoms with Crippen molar-refractivity contribution in [3.63, 3.8) is 0 Å². The summed E-state index contributed by atoms with van der Waals surface area (Å²) in [6.07, 6.45) is 2.11. The van der Waals surface area contributed by atoms with Gasteiger partial charge in [-0.15, -0.1) is 0 Å². The topological polar surface area (TPSA) is 81.0 Å². The Kier molecular flexibility index (Phi) is 4.97. The molecule has 7 nitrogen and oxygen atoms in total. The lowest BCUT2D eigenvalue weighted by Crippen LogP contribution is -2.34. The summed E-state index contributed by atoms with van der Waals surface area (Å²) in [5.41, 5.74) is 2.46. The molecule has 2 N–H and O–H groups in total. The number of hydrogen-bond acceptors (Lipinski definition) is 3. The van der Waals surface area contributed by atoms with Gasteiger partial charge in [-0.3, -0.25) is 0 Å². The zero-order chi connectivity index (χ0) is 19.5. The summed E-state index contributed by atoms with van der Waals surface area (Å²) >= 11 is 0. The fraction of sp³-hybridized carbons (Fsp3) is 0.286. The van der Waals surface area contributed by atoms with Crippen LogP contribution in [0, 0.1) is 6.92 Å². The molecule has 1 aromatic heterocycles. The summed E-state index contributed by atoms with van der Waals surface area (Å²) in [5.74, 6) is 1.15. The highest BCUT2D eigenvalue weighted by atomic mass is 16.2. The average molecular weight is 377 g/mol. The number of hydrogen-bond donors (Lipinski definition) is 2. The Hall–Kier alpha value is -3.35. The van der Waals surface area contributed by atoms with Crippen LogP contribution in [0.2, 0.25) is 0 Å². The van der Waals surface area contributed by atoms with Crippen LogP contribution in [-0.2, 0) is 6.54 Å². The van der Waals surface area contributed by atoms with Crippen LogP contribution in [-0.4, -0.2) is 26.9 Å². The smallest absolute Gasteiger partial charge is 0.336 e. The summed E-state index contributed by atoms with van der Waals surface area (Å²) in [4.78, 5) is 24.9. The number of carbonyl (C=O) groups is 1. The second-order valence-corrected chi connectivity index (χ2v) is 7.06. The maximum atomic E-state index is 12.9. The van der Waals surface area contributed by atoms with Crippen molar-refractivity contribution in [1.29, 1.82) is 0 Å². The Morgan fingerprint density at radius 1 is 1.14 bits per heavy atom. The quantitative estimate of drug-likeness (QED) is 0.693. The van der Waals surface area contributed by atoms with Gasteiger partial charge in [-0.05, 0) is 49.6 Å². The van der Waals surface area contributed by atoms with E-state index in [4.69, 9.17) is 0 Å². The molecule has 1 aliphatic carbocycles. The lowest BCUT2D eigenvalue weighted by atomic mass is 10.2. The number of nitrogens with zero attached hydrogens (tertiary/aromatic N) is 3. The summed E-state index contributed by atoms with van der Waals surface area (Å²) in [7, 11) is 0. The van der Waals surface area contributed by atoms with E-state index in [0.717, 1.165) is 35.6 Å². The molecule has 0 bridgehead atoms. The Morgan fingerprint density at radius 3 is 2.64 bits per heavy atom. The lowest BCUT2D eigenvalue weighted by Gasteiger charge is -2.08. The molecule has 2 amide bonds. The van der Waals surface area contributed by atoms with E-state index in [1.165, 1.54) is 4.68 Å². The zero-order valence-corrected chi connectivity index (χ0v) is 15.8. The minimum absolute atomic E-state index is 0.172. The molecule has 3 aromatic rings. The molecule has 7 heteroatoms. The van der Waals surface area contributed by atoms with E-state index in [9.17, 15) is 9.59 Å². The molecule has 1 heterocycles. The largest absolute Gasteiger partial charge is 0.350 e. The number of aryl methyl sites for hydroxylation is 1. The maximum absolute atomic E-state index is 12.9. The first kappa shape index (κ1) is 18.0. The van der Waals surface area contributed by atoms with Crippen LogP contribution in [0.4, 0.5) is 10.5 Å². The van der Waals surface area contributed by atoms with Crippen molar-refractivity contribution in [2.45, 2.75) is 32.2 Å². The number of urea groups is 1. The van der Waals surface area contributed by atoms with Crippen LogP contribution in [0.5, 0.6) is 0 Å². The predicted octanol–water partition coefficient (Wildman–Crippen LogP) is 3.04. The van der Waals surface area contributed by atoms with Crippen molar-refractivity contribution in [3.05, 3.63) is 76.5 Å². The molecule has 0 aliphatic heterocycles. The Morgan fingerprint density at radius 2 is 1.93 bits per heavy atom. The van der Waals surface area contributed by atoms with E-state index in [1.807, 2.05) is 61.5 Å². The lowest BCUT2D eigenvalue weighted by molar-refractivity contribution is 0.251. The van der Waals surface area contributed by atoms with E-state index < -0.39 is 0 Å². The average Bonchev–Trinajstić information content (AvgIpc) is 3.47. The predicted molar refractivity (Wildman–Crippen MR) is 108 cm³/mol. The summed E-state index contributed by atoms with van der Waals surface area (Å²) in [6.45, 7) is 2.60. The first-order valence-electron chi connectivity index (χ1n) is 9.48. The number of amides is 2. The summed E-state index contributed by atoms with van der Waals surface area (Å²) < 4.78 is 3.12. The molecule has 0 atom stereocenters. The minimum Gasteiger partial charge on any atom is -0.336 e. The van der Waals surface area contributed by atoms with E-state index >= 15 is 0 Å². The van der Waals surface area contributed by atoms with Crippen molar-refractivity contribution in [1.82, 2.24) is 19.7 Å². The normalized spacial score (nSPS) is 13.3. The third-order valence-electron chi connectivity index (χ3n) is 4.71. The van der Waals surface area contributed by atoms with Crippen LogP contribution in [0.1, 0.15) is 30.1 Å². The van der Waals surface area contributed by atoms with Crippen molar-refractivity contribution in [2.24, 2.45) is 0 Å². The molecule has 0 saturated heterocycles. The molecule has 0 radical (unpaired) electrons. The number of nitrogens with one attached hydrogen (secondary N) is 2. The van der Waals surface area contributed by atoms with Crippen molar-refractivity contribution >= 4 is 11.7 Å². The molecule has 2 aromatic carbocycles. The standard InChI is InChI=1S/C21H23N5O2/c1-15-6-5-7-17(14-15)23-20(27)22-12-13-25-21(28)26(18-8-3-2-4-9-18)19(24-25)16-10-11-16/h2-9,14,16H,10-13H2,1H3,(H2,22,23,27). The van der Waals surface area contributed by atoms with Crippen molar-refractivity contribution < 1.29 is 4.79 Å². The van der Waals surface area contributed by atoms with Crippen LogP contribution < -0.4 is 16.3 Å².